The zero-order valence-electron chi connectivity index (χ0n) is 13.5. The van der Waals surface area contributed by atoms with Crippen LogP contribution in [-0.4, -0.2) is 51.4 Å². The minimum absolute atomic E-state index is 0.225. The molecular formula is C16H17N5O3S. The Balaban J connectivity index is 1.45. The Kier molecular flexibility index (Phi) is 4.10. The number of nitrogens with zero attached hydrogens (tertiary/aromatic N) is 4. The fourth-order valence-electron chi connectivity index (χ4n) is 3.04. The van der Waals surface area contributed by atoms with Crippen LogP contribution in [0, 0.1) is 6.92 Å². The number of hydrogen-bond acceptors (Lipinski definition) is 8. The maximum Gasteiger partial charge on any atom is 0.273 e. The molecule has 1 amide bonds. The van der Waals surface area contributed by atoms with Crippen LogP contribution in [0.1, 0.15) is 22.7 Å². The summed E-state index contributed by atoms with van der Waals surface area (Å²) in [5, 5.41) is 20.0. The molecule has 1 fully saturated rings. The molecule has 0 saturated carbocycles. The summed E-state index contributed by atoms with van der Waals surface area (Å²) in [6.45, 7) is 2.80. The van der Waals surface area contributed by atoms with Crippen molar-refractivity contribution in [2.24, 2.45) is 0 Å². The van der Waals surface area contributed by atoms with E-state index in [2.05, 4.69) is 20.4 Å². The summed E-state index contributed by atoms with van der Waals surface area (Å²) in [4.78, 5) is 23.8. The molecule has 1 saturated heterocycles. The van der Waals surface area contributed by atoms with E-state index in [1.165, 1.54) is 0 Å². The normalized spacial score (nSPS) is 20.8. The first-order valence-corrected chi connectivity index (χ1v) is 8.85. The molecule has 25 heavy (non-hydrogen) atoms. The number of aliphatic hydroxyl groups excluding tert-OH is 1. The molecule has 130 valence electrons. The van der Waals surface area contributed by atoms with Gasteiger partial charge in [-0.3, -0.25) is 4.79 Å². The molecular weight excluding hydrogens is 342 g/mol. The van der Waals surface area contributed by atoms with Crippen LogP contribution in [0.2, 0.25) is 0 Å². The number of β-amino-alcohol motifs (C(OH)–C–C–N with tert-alkyl or cyclic N) is 1. The number of aromatic nitrogens is 3. The first-order valence-electron chi connectivity index (χ1n) is 7.97. The van der Waals surface area contributed by atoms with Crippen molar-refractivity contribution < 1.29 is 14.4 Å². The second kappa shape index (κ2) is 6.41. The molecule has 9 heteroatoms. The third-order valence-corrected chi connectivity index (χ3v) is 5.12. The molecule has 1 aliphatic rings. The summed E-state index contributed by atoms with van der Waals surface area (Å²) in [7, 11) is 0. The summed E-state index contributed by atoms with van der Waals surface area (Å²) in [6.07, 6.45) is 1.45. The van der Waals surface area contributed by atoms with Gasteiger partial charge < -0.3 is 19.8 Å². The lowest BCUT2D eigenvalue weighted by Gasteiger charge is -2.36. The predicted molar refractivity (Wildman–Crippen MR) is 92.7 cm³/mol. The van der Waals surface area contributed by atoms with Crippen molar-refractivity contribution in [3.63, 3.8) is 0 Å². The van der Waals surface area contributed by atoms with Crippen molar-refractivity contribution in [2.45, 2.75) is 25.5 Å². The van der Waals surface area contributed by atoms with Gasteiger partial charge in [-0.25, -0.2) is 9.97 Å². The maximum atomic E-state index is 12.2. The van der Waals surface area contributed by atoms with Gasteiger partial charge in [-0.2, -0.15) is 0 Å². The van der Waals surface area contributed by atoms with E-state index < -0.39 is 6.10 Å². The number of fused-ring (bicyclic) bond motifs is 1. The smallest absolute Gasteiger partial charge is 0.273 e. The van der Waals surface area contributed by atoms with Crippen LogP contribution in [-0.2, 0) is 0 Å². The summed E-state index contributed by atoms with van der Waals surface area (Å²) < 4.78 is 4.92. The first-order chi connectivity index (χ1) is 12.1. The number of anilines is 1. The molecule has 0 spiro atoms. The van der Waals surface area contributed by atoms with Gasteiger partial charge in [0.15, 0.2) is 5.69 Å². The zero-order chi connectivity index (χ0) is 17.4. The number of aliphatic hydroxyl groups is 1. The highest BCUT2D eigenvalue weighted by Gasteiger charge is 2.31. The van der Waals surface area contributed by atoms with Gasteiger partial charge in [0.25, 0.3) is 5.91 Å². The van der Waals surface area contributed by atoms with E-state index in [1.807, 2.05) is 16.3 Å². The number of piperidine rings is 1. The second-order valence-corrected chi connectivity index (χ2v) is 6.94. The standard InChI is InChI=1S/C16H17N5O3S/c1-9-6-12(20-24-9)15(23)19-11-2-4-21(7-13(11)22)14-10-3-5-25-16(10)18-8-17-14/h3,5-6,8,11,13,22H,2,4,7H2,1H3,(H,19,23)/t11-,13-/m1/s1. The molecule has 0 radical (unpaired) electrons. The average Bonchev–Trinajstić information content (AvgIpc) is 3.25. The van der Waals surface area contributed by atoms with Crippen LogP contribution in [0.4, 0.5) is 5.82 Å². The summed E-state index contributed by atoms with van der Waals surface area (Å²) in [5.41, 5.74) is 0.225. The van der Waals surface area contributed by atoms with Crippen molar-refractivity contribution >= 4 is 33.3 Å². The molecule has 0 aromatic carbocycles. The number of hydrogen-bond donors (Lipinski definition) is 2. The fourth-order valence-corrected chi connectivity index (χ4v) is 3.76. The number of amides is 1. The quantitative estimate of drug-likeness (QED) is 0.727. The molecule has 4 rings (SSSR count). The lowest BCUT2D eigenvalue weighted by atomic mass is 10.0. The molecule has 3 aromatic heterocycles. The molecule has 1 aliphatic heterocycles. The number of aryl methyl sites for hydroxylation is 1. The molecule has 3 aromatic rings. The highest BCUT2D eigenvalue weighted by Crippen LogP contribution is 2.28. The minimum Gasteiger partial charge on any atom is -0.389 e. The van der Waals surface area contributed by atoms with Crippen LogP contribution >= 0.6 is 11.3 Å². The lowest BCUT2D eigenvalue weighted by Crippen LogP contribution is -2.54. The summed E-state index contributed by atoms with van der Waals surface area (Å²) >= 11 is 1.56. The molecule has 2 N–H and O–H groups in total. The van der Waals surface area contributed by atoms with E-state index in [4.69, 9.17) is 4.52 Å². The van der Waals surface area contributed by atoms with Gasteiger partial charge in [-0.15, -0.1) is 11.3 Å². The van der Waals surface area contributed by atoms with Crippen molar-refractivity contribution in [1.29, 1.82) is 0 Å². The Bertz CT molecular complexity index is 908. The SMILES string of the molecule is Cc1cc(C(=O)N[C@@H]2CCN(c3ncnc4sccc34)C[C@H]2O)no1. The molecule has 2 atom stereocenters. The van der Waals surface area contributed by atoms with E-state index in [0.29, 0.717) is 25.3 Å². The lowest BCUT2D eigenvalue weighted by molar-refractivity contribution is 0.0790. The zero-order valence-corrected chi connectivity index (χ0v) is 14.4. The molecule has 0 unspecified atom stereocenters. The van der Waals surface area contributed by atoms with Crippen LogP contribution in [0.5, 0.6) is 0 Å². The van der Waals surface area contributed by atoms with Gasteiger partial charge >= 0.3 is 0 Å². The van der Waals surface area contributed by atoms with Crippen LogP contribution in [0.25, 0.3) is 10.2 Å². The van der Waals surface area contributed by atoms with Crippen molar-refractivity contribution in [1.82, 2.24) is 20.4 Å². The van der Waals surface area contributed by atoms with Gasteiger partial charge in [0, 0.05) is 19.2 Å². The Morgan fingerprint density at radius 1 is 1.48 bits per heavy atom. The Labute approximate surface area is 147 Å². The monoisotopic (exact) mass is 359 g/mol. The summed E-state index contributed by atoms with van der Waals surface area (Å²) in [5.74, 6) is 1.06. The fraction of sp³-hybridized carbons (Fsp3) is 0.375. The number of nitrogens with one attached hydrogen (secondary N) is 1. The van der Waals surface area contributed by atoms with E-state index in [0.717, 1.165) is 16.0 Å². The average molecular weight is 359 g/mol. The highest BCUT2D eigenvalue weighted by molar-refractivity contribution is 7.16. The summed E-state index contributed by atoms with van der Waals surface area (Å²) in [6, 6.07) is 3.23. The van der Waals surface area contributed by atoms with E-state index in [-0.39, 0.29) is 17.6 Å². The highest BCUT2D eigenvalue weighted by atomic mass is 32.1. The van der Waals surface area contributed by atoms with E-state index in [1.54, 1.807) is 30.7 Å². The Morgan fingerprint density at radius 3 is 3.12 bits per heavy atom. The van der Waals surface area contributed by atoms with Crippen LogP contribution in [0.3, 0.4) is 0 Å². The third kappa shape index (κ3) is 3.08. The van der Waals surface area contributed by atoms with Crippen LogP contribution < -0.4 is 10.2 Å². The molecule has 4 heterocycles. The second-order valence-electron chi connectivity index (χ2n) is 6.04. The number of rotatable bonds is 3. The van der Waals surface area contributed by atoms with Crippen molar-refractivity contribution in [3.8, 4) is 0 Å². The van der Waals surface area contributed by atoms with Crippen molar-refractivity contribution in [3.05, 3.63) is 35.3 Å². The first kappa shape index (κ1) is 16.0. The maximum absolute atomic E-state index is 12.2. The van der Waals surface area contributed by atoms with Gasteiger partial charge in [0.1, 0.15) is 22.7 Å². The predicted octanol–water partition coefficient (Wildman–Crippen LogP) is 1.36. The molecule has 0 bridgehead atoms. The topological polar surface area (TPSA) is 104 Å². The van der Waals surface area contributed by atoms with Gasteiger partial charge in [-0.1, -0.05) is 5.16 Å². The number of thiophene rings is 1. The number of carbonyl (C=O) groups is 1. The van der Waals surface area contributed by atoms with Crippen LogP contribution in [0.15, 0.2) is 28.4 Å². The Hall–Kier alpha value is -2.52. The van der Waals surface area contributed by atoms with Gasteiger partial charge in [0.05, 0.1) is 17.5 Å². The van der Waals surface area contributed by atoms with Crippen molar-refractivity contribution in [2.75, 3.05) is 18.0 Å². The van der Waals surface area contributed by atoms with Gasteiger partial charge in [-0.05, 0) is 24.8 Å². The Morgan fingerprint density at radius 2 is 2.36 bits per heavy atom. The third-order valence-electron chi connectivity index (χ3n) is 4.30. The minimum atomic E-state index is -0.700. The van der Waals surface area contributed by atoms with E-state index in [9.17, 15) is 9.90 Å². The number of carbonyl (C=O) groups excluding carboxylic acids is 1. The molecule has 0 aliphatic carbocycles. The molecule has 8 nitrogen and oxygen atoms in total. The largest absolute Gasteiger partial charge is 0.389 e. The van der Waals surface area contributed by atoms with Gasteiger partial charge in [0.2, 0.25) is 0 Å². The van der Waals surface area contributed by atoms with E-state index >= 15 is 0 Å².